The Labute approximate surface area is 98.6 Å². The molecule has 0 unspecified atom stereocenters. The monoisotopic (exact) mass is 227 g/mol. The molecular weight excluding hydrogens is 202 g/mol. The number of nitrogens with zero attached hydrogens (tertiary/aromatic N) is 1. The van der Waals surface area contributed by atoms with Crippen molar-refractivity contribution < 1.29 is 4.79 Å². The highest BCUT2D eigenvalue weighted by Gasteiger charge is 2.09. The number of nitrogens with two attached hydrogens (primary N) is 1. The molecule has 1 rings (SSSR count). The van der Waals surface area contributed by atoms with Crippen LogP contribution in [0.5, 0.6) is 0 Å². The van der Waals surface area contributed by atoms with Gasteiger partial charge < -0.3 is 16.0 Å². The predicted octanol–water partition coefficient (Wildman–Crippen LogP) is 0.718. The molecule has 4 nitrogen and oxygen atoms in total. The quantitative estimate of drug-likeness (QED) is 0.630. The Hall–Kier alpha value is -0.610. The number of hydrogen-bond donors (Lipinski definition) is 2. The molecule has 0 aromatic heterocycles. The van der Waals surface area contributed by atoms with E-state index in [1.807, 2.05) is 0 Å². The van der Waals surface area contributed by atoms with E-state index in [-0.39, 0.29) is 5.91 Å². The second kappa shape index (κ2) is 8.53. The lowest BCUT2D eigenvalue weighted by molar-refractivity contribution is -0.121. The third kappa shape index (κ3) is 6.08. The number of nitrogens with one attached hydrogen (secondary N) is 1. The molecule has 16 heavy (non-hydrogen) atoms. The highest BCUT2D eigenvalue weighted by atomic mass is 16.1. The van der Waals surface area contributed by atoms with Gasteiger partial charge in [-0.05, 0) is 51.9 Å². The molecule has 0 saturated carbocycles. The van der Waals surface area contributed by atoms with E-state index in [2.05, 4.69) is 10.2 Å². The average molecular weight is 227 g/mol. The Kier molecular flexibility index (Phi) is 7.17. The zero-order chi connectivity index (χ0) is 11.6. The molecule has 1 heterocycles. The van der Waals surface area contributed by atoms with Crippen LogP contribution in [0.15, 0.2) is 0 Å². The summed E-state index contributed by atoms with van der Waals surface area (Å²) in [5, 5.41) is 2.94. The van der Waals surface area contributed by atoms with Gasteiger partial charge in [-0.3, -0.25) is 4.79 Å². The van der Waals surface area contributed by atoms with Gasteiger partial charge in [-0.15, -0.1) is 0 Å². The van der Waals surface area contributed by atoms with E-state index in [0.29, 0.717) is 13.0 Å². The molecular formula is C12H25N3O. The average Bonchev–Trinajstić information content (AvgIpc) is 2.33. The standard InChI is InChI=1S/C12H25N3O/c13-7-4-6-12(16)14-8-5-11-15-9-2-1-3-10-15/h1-11,13H2,(H,14,16). The molecule has 0 aliphatic carbocycles. The summed E-state index contributed by atoms with van der Waals surface area (Å²) < 4.78 is 0. The smallest absolute Gasteiger partial charge is 0.220 e. The maximum Gasteiger partial charge on any atom is 0.220 e. The summed E-state index contributed by atoms with van der Waals surface area (Å²) in [6, 6.07) is 0. The van der Waals surface area contributed by atoms with Gasteiger partial charge in [0, 0.05) is 13.0 Å². The van der Waals surface area contributed by atoms with Crippen LogP contribution in [0.3, 0.4) is 0 Å². The van der Waals surface area contributed by atoms with Crippen LogP contribution >= 0.6 is 0 Å². The molecule has 1 amide bonds. The number of amides is 1. The van der Waals surface area contributed by atoms with Gasteiger partial charge in [0.25, 0.3) is 0 Å². The number of piperidine rings is 1. The van der Waals surface area contributed by atoms with Crippen LogP contribution in [0.2, 0.25) is 0 Å². The van der Waals surface area contributed by atoms with E-state index in [9.17, 15) is 4.79 Å². The Bertz CT molecular complexity index is 191. The van der Waals surface area contributed by atoms with Crippen LogP contribution in [0.1, 0.15) is 38.5 Å². The Morgan fingerprint density at radius 3 is 2.62 bits per heavy atom. The minimum atomic E-state index is 0.143. The zero-order valence-corrected chi connectivity index (χ0v) is 10.2. The maximum atomic E-state index is 11.3. The van der Waals surface area contributed by atoms with Crippen molar-refractivity contribution in [2.45, 2.75) is 38.5 Å². The van der Waals surface area contributed by atoms with E-state index < -0.39 is 0 Å². The molecule has 0 spiro atoms. The van der Waals surface area contributed by atoms with E-state index >= 15 is 0 Å². The summed E-state index contributed by atoms with van der Waals surface area (Å²) in [6.45, 7) is 5.00. The van der Waals surface area contributed by atoms with Crippen molar-refractivity contribution in [2.75, 3.05) is 32.7 Å². The van der Waals surface area contributed by atoms with Crippen molar-refractivity contribution >= 4 is 5.91 Å². The highest BCUT2D eigenvalue weighted by Crippen LogP contribution is 2.08. The van der Waals surface area contributed by atoms with Gasteiger partial charge in [-0.25, -0.2) is 0 Å². The van der Waals surface area contributed by atoms with Gasteiger partial charge in [0.15, 0.2) is 0 Å². The lowest BCUT2D eigenvalue weighted by Crippen LogP contribution is -2.33. The Morgan fingerprint density at radius 2 is 1.94 bits per heavy atom. The normalized spacial score (nSPS) is 17.3. The lowest BCUT2D eigenvalue weighted by atomic mass is 10.1. The van der Waals surface area contributed by atoms with Gasteiger partial charge in [-0.2, -0.15) is 0 Å². The molecule has 1 aliphatic heterocycles. The van der Waals surface area contributed by atoms with E-state index in [1.165, 1.54) is 32.4 Å². The van der Waals surface area contributed by atoms with Gasteiger partial charge in [0.1, 0.15) is 0 Å². The number of rotatable bonds is 7. The number of carbonyl (C=O) groups is 1. The van der Waals surface area contributed by atoms with Crippen molar-refractivity contribution in [1.29, 1.82) is 0 Å². The molecule has 1 fully saturated rings. The second-order valence-corrected chi connectivity index (χ2v) is 4.50. The molecule has 4 heteroatoms. The van der Waals surface area contributed by atoms with Crippen LogP contribution in [-0.2, 0) is 4.79 Å². The summed E-state index contributed by atoms with van der Waals surface area (Å²) in [5.41, 5.74) is 5.34. The van der Waals surface area contributed by atoms with Crippen molar-refractivity contribution in [3.05, 3.63) is 0 Å². The largest absolute Gasteiger partial charge is 0.356 e. The topological polar surface area (TPSA) is 58.4 Å². The third-order valence-corrected chi connectivity index (χ3v) is 3.03. The molecule has 0 aromatic carbocycles. The molecule has 1 saturated heterocycles. The molecule has 0 aromatic rings. The van der Waals surface area contributed by atoms with Gasteiger partial charge in [-0.1, -0.05) is 6.42 Å². The third-order valence-electron chi connectivity index (χ3n) is 3.03. The number of carbonyl (C=O) groups excluding carboxylic acids is 1. The van der Waals surface area contributed by atoms with E-state index in [1.54, 1.807) is 0 Å². The van der Waals surface area contributed by atoms with Gasteiger partial charge in [0.2, 0.25) is 5.91 Å². The molecule has 0 atom stereocenters. The summed E-state index contributed by atoms with van der Waals surface area (Å²) >= 11 is 0. The Morgan fingerprint density at radius 1 is 1.19 bits per heavy atom. The number of hydrogen-bond acceptors (Lipinski definition) is 3. The summed E-state index contributed by atoms with van der Waals surface area (Å²) in [5.74, 6) is 0.143. The SMILES string of the molecule is NCCCC(=O)NCCCN1CCCCC1. The fraction of sp³-hybridized carbons (Fsp3) is 0.917. The minimum Gasteiger partial charge on any atom is -0.356 e. The van der Waals surface area contributed by atoms with Crippen LogP contribution in [0.4, 0.5) is 0 Å². The molecule has 0 radical (unpaired) electrons. The van der Waals surface area contributed by atoms with E-state index in [0.717, 1.165) is 25.9 Å². The molecule has 1 aliphatic rings. The second-order valence-electron chi connectivity index (χ2n) is 4.50. The van der Waals surface area contributed by atoms with Crippen LogP contribution in [0, 0.1) is 0 Å². The summed E-state index contributed by atoms with van der Waals surface area (Å²) in [6.07, 6.45) is 6.48. The minimum absolute atomic E-state index is 0.143. The van der Waals surface area contributed by atoms with Crippen molar-refractivity contribution in [2.24, 2.45) is 5.73 Å². The Balaban J connectivity index is 1.92. The van der Waals surface area contributed by atoms with Crippen LogP contribution in [0.25, 0.3) is 0 Å². The van der Waals surface area contributed by atoms with Gasteiger partial charge in [0.05, 0.1) is 0 Å². The molecule has 0 bridgehead atoms. The first-order valence-corrected chi connectivity index (χ1v) is 6.52. The lowest BCUT2D eigenvalue weighted by Gasteiger charge is -2.26. The first kappa shape index (κ1) is 13.5. The first-order valence-electron chi connectivity index (χ1n) is 6.52. The predicted molar refractivity (Wildman–Crippen MR) is 66.2 cm³/mol. The van der Waals surface area contributed by atoms with Crippen LogP contribution < -0.4 is 11.1 Å². The van der Waals surface area contributed by atoms with Crippen LogP contribution in [-0.4, -0.2) is 43.5 Å². The highest BCUT2D eigenvalue weighted by molar-refractivity contribution is 5.75. The van der Waals surface area contributed by atoms with Gasteiger partial charge >= 0.3 is 0 Å². The summed E-state index contributed by atoms with van der Waals surface area (Å²) in [4.78, 5) is 13.8. The fourth-order valence-electron chi connectivity index (χ4n) is 2.06. The zero-order valence-electron chi connectivity index (χ0n) is 10.2. The maximum absolute atomic E-state index is 11.3. The number of likely N-dealkylation sites (tertiary alicyclic amines) is 1. The first-order chi connectivity index (χ1) is 7.83. The molecule has 3 N–H and O–H groups in total. The van der Waals surface area contributed by atoms with Crippen molar-refractivity contribution in [1.82, 2.24) is 10.2 Å². The van der Waals surface area contributed by atoms with Crippen molar-refractivity contribution in [3.63, 3.8) is 0 Å². The van der Waals surface area contributed by atoms with E-state index in [4.69, 9.17) is 5.73 Å². The summed E-state index contributed by atoms with van der Waals surface area (Å²) in [7, 11) is 0. The van der Waals surface area contributed by atoms with Crippen molar-refractivity contribution in [3.8, 4) is 0 Å². The molecule has 94 valence electrons. The fourth-order valence-corrected chi connectivity index (χ4v) is 2.06.